The molecule has 1 saturated carbocycles. The zero-order chi connectivity index (χ0) is 18.3. The standard InChI is InChI=1S/C22H20O4/c1-14-10-18-16(12-20(23)26-19(18)11-15(14)2)13-25-21(24)22(8-9-22)17-6-4-3-5-7-17/h3-7,10-12H,8-9,13H2,1-2H3. The minimum atomic E-state index is -0.525. The van der Waals surface area contributed by atoms with Crippen LogP contribution in [0, 0.1) is 13.8 Å². The molecule has 0 unspecified atom stereocenters. The van der Waals surface area contributed by atoms with Gasteiger partial charge in [-0.05, 0) is 55.5 Å². The average molecular weight is 348 g/mol. The number of fused-ring (bicyclic) bond motifs is 1. The summed E-state index contributed by atoms with van der Waals surface area (Å²) in [5, 5.41) is 0.810. The highest BCUT2D eigenvalue weighted by molar-refractivity contribution is 5.87. The Morgan fingerprint density at radius 1 is 1.08 bits per heavy atom. The van der Waals surface area contributed by atoms with Crippen molar-refractivity contribution in [2.75, 3.05) is 0 Å². The fourth-order valence-corrected chi connectivity index (χ4v) is 3.38. The van der Waals surface area contributed by atoms with Crippen LogP contribution in [0.3, 0.4) is 0 Å². The molecule has 4 rings (SSSR count). The molecule has 0 atom stereocenters. The fourth-order valence-electron chi connectivity index (χ4n) is 3.38. The van der Waals surface area contributed by atoms with E-state index in [0.717, 1.165) is 34.9 Å². The van der Waals surface area contributed by atoms with Crippen molar-refractivity contribution in [2.24, 2.45) is 0 Å². The van der Waals surface area contributed by atoms with E-state index in [1.165, 1.54) is 6.07 Å². The highest BCUT2D eigenvalue weighted by atomic mass is 16.5. The van der Waals surface area contributed by atoms with Gasteiger partial charge < -0.3 is 9.15 Å². The minimum absolute atomic E-state index is 0.0675. The van der Waals surface area contributed by atoms with Crippen molar-refractivity contribution >= 4 is 16.9 Å². The lowest BCUT2D eigenvalue weighted by Gasteiger charge is -2.15. The lowest BCUT2D eigenvalue weighted by molar-refractivity contribution is -0.148. The highest BCUT2D eigenvalue weighted by Gasteiger charge is 2.52. The van der Waals surface area contributed by atoms with Crippen molar-refractivity contribution in [1.82, 2.24) is 0 Å². The Balaban J connectivity index is 1.61. The van der Waals surface area contributed by atoms with Crippen molar-refractivity contribution in [3.8, 4) is 0 Å². The summed E-state index contributed by atoms with van der Waals surface area (Å²) >= 11 is 0. The molecule has 2 aromatic carbocycles. The van der Waals surface area contributed by atoms with Gasteiger partial charge in [0.15, 0.2) is 0 Å². The van der Waals surface area contributed by atoms with Gasteiger partial charge in [0.05, 0.1) is 5.41 Å². The Morgan fingerprint density at radius 3 is 2.46 bits per heavy atom. The quantitative estimate of drug-likeness (QED) is 0.524. The lowest BCUT2D eigenvalue weighted by atomic mass is 9.96. The second kappa shape index (κ2) is 6.13. The van der Waals surface area contributed by atoms with E-state index in [9.17, 15) is 9.59 Å². The van der Waals surface area contributed by atoms with Gasteiger partial charge in [-0.1, -0.05) is 30.3 Å². The van der Waals surface area contributed by atoms with Crippen LogP contribution in [0.25, 0.3) is 11.0 Å². The van der Waals surface area contributed by atoms with Crippen LogP contribution in [-0.2, 0) is 21.6 Å². The third-order valence-corrected chi connectivity index (χ3v) is 5.27. The predicted molar refractivity (Wildman–Crippen MR) is 99.1 cm³/mol. The highest BCUT2D eigenvalue weighted by Crippen LogP contribution is 2.49. The van der Waals surface area contributed by atoms with E-state index in [1.54, 1.807) is 0 Å². The molecule has 0 radical (unpaired) electrons. The largest absolute Gasteiger partial charge is 0.460 e. The molecule has 0 aliphatic heterocycles. The number of ether oxygens (including phenoxy) is 1. The molecular weight excluding hydrogens is 328 g/mol. The van der Waals surface area contributed by atoms with Gasteiger partial charge in [0.25, 0.3) is 0 Å². The monoisotopic (exact) mass is 348 g/mol. The third-order valence-electron chi connectivity index (χ3n) is 5.27. The number of benzene rings is 2. The van der Waals surface area contributed by atoms with E-state index in [-0.39, 0.29) is 12.6 Å². The molecule has 3 aromatic rings. The smallest absolute Gasteiger partial charge is 0.336 e. The first kappa shape index (κ1) is 16.6. The molecule has 4 heteroatoms. The number of esters is 1. The summed E-state index contributed by atoms with van der Waals surface area (Å²) in [5.74, 6) is -0.228. The zero-order valence-electron chi connectivity index (χ0n) is 14.9. The first-order valence-electron chi connectivity index (χ1n) is 8.76. The molecule has 1 aromatic heterocycles. The SMILES string of the molecule is Cc1cc2oc(=O)cc(COC(=O)C3(c4ccccc4)CC3)c2cc1C. The molecule has 0 spiro atoms. The van der Waals surface area contributed by atoms with Gasteiger partial charge in [-0.15, -0.1) is 0 Å². The fraction of sp³-hybridized carbons (Fsp3) is 0.273. The maximum atomic E-state index is 12.7. The topological polar surface area (TPSA) is 56.5 Å². The van der Waals surface area contributed by atoms with Crippen LogP contribution >= 0.6 is 0 Å². The van der Waals surface area contributed by atoms with Gasteiger partial charge in [0.1, 0.15) is 12.2 Å². The molecule has 26 heavy (non-hydrogen) atoms. The Labute approximate surface area is 151 Å². The molecule has 1 aliphatic carbocycles. The van der Waals surface area contributed by atoms with Crippen molar-refractivity contribution in [3.05, 3.63) is 81.2 Å². The molecule has 1 fully saturated rings. The summed E-state index contributed by atoms with van der Waals surface area (Å²) in [6, 6.07) is 15.0. The average Bonchev–Trinajstić information content (AvgIpc) is 3.44. The summed E-state index contributed by atoms with van der Waals surface area (Å²) < 4.78 is 10.9. The van der Waals surface area contributed by atoms with E-state index in [1.807, 2.05) is 56.3 Å². The van der Waals surface area contributed by atoms with Crippen LogP contribution in [0.2, 0.25) is 0 Å². The maximum Gasteiger partial charge on any atom is 0.336 e. The Morgan fingerprint density at radius 2 is 1.77 bits per heavy atom. The lowest BCUT2D eigenvalue weighted by Crippen LogP contribution is -2.23. The molecule has 0 amide bonds. The normalized spacial score (nSPS) is 15.0. The maximum absolute atomic E-state index is 12.7. The number of carbonyl (C=O) groups is 1. The third kappa shape index (κ3) is 2.81. The summed E-state index contributed by atoms with van der Waals surface area (Å²) in [5.41, 5.74) is 3.39. The van der Waals surface area contributed by atoms with Crippen LogP contribution < -0.4 is 5.63 Å². The van der Waals surface area contributed by atoms with E-state index >= 15 is 0 Å². The van der Waals surface area contributed by atoms with E-state index in [4.69, 9.17) is 9.15 Å². The van der Waals surface area contributed by atoms with E-state index in [0.29, 0.717) is 11.1 Å². The number of hydrogen-bond donors (Lipinski definition) is 0. The second-order valence-electron chi connectivity index (χ2n) is 7.05. The van der Waals surface area contributed by atoms with Gasteiger partial charge in [0, 0.05) is 17.0 Å². The first-order chi connectivity index (χ1) is 12.5. The second-order valence-corrected chi connectivity index (χ2v) is 7.05. The van der Waals surface area contributed by atoms with Crippen LogP contribution in [0.4, 0.5) is 0 Å². The number of aryl methyl sites for hydroxylation is 2. The summed E-state index contributed by atoms with van der Waals surface area (Å²) in [6.07, 6.45) is 1.59. The summed E-state index contributed by atoms with van der Waals surface area (Å²) in [4.78, 5) is 24.6. The molecule has 132 valence electrons. The van der Waals surface area contributed by atoms with E-state index < -0.39 is 11.0 Å². The van der Waals surface area contributed by atoms with Crippen molar-refractivity contribution in [2.45, 2.75) is 38.7 Å². The molecule has 1 aliphatic rings. The minimum Gasteiger partial charge on any atom is -0.460 e. The van der Waals surface area contributed by atoms with E-state index in [2.05, 4.69) is 0 Å². The summed E-state index contributed by atoms with van der Waals surface area (Å²) in [6.45, 7) is 4.04. The van der Waals surface area contributed by atoms with Gasteiger partial charge in [-0.3, -0.25) is 4.79 Å². The van der Waals surface area contributed by atoms with Crippen LogP contribution in [0.5, 0.6) is 0 Å². The Bertz CT molecular complexity index is 1040. The van der Waals surface area contributed by atoms with Gasteiger partial charge >= 0.3 is 11.6 Å². The van der Waals surface area contributed by atoms with Crippen LogP contribution in [0.15, 0.2) is 57.7 Å². The predicted octanol–water partition coefficient (Wildman–Crippen LogP) is 4.18. The van der Waals surface area contributed by atoms with Crippen molar-refractivity contribution in [3.63, 3.8) is 0 Å². The molecule has 1 heterocycles. The molecular formula is C22H20O4. The number of rotatable bonds is 4. The zero-order valence-corrected chi connectivity index (χ0v) is 14.9. The van der Waals surface area contributed by atoms with Gasteiger partial charge in [0.2, 0.25) is 0 Å². The van der Waals surface area contributed by atoms with Crippen molar-refractivity contribution in [1.29, 1.82) is 0 Å². The van der Waals surface area contributed by atoms with Gasteiger partial charge in [-0.25, -0.2) is 4.79 Å². The van der Waals surface area contributed by atoms with Crippen molar-refractivity contribution < 1.29 is 13.9 Å². The molecule has 0 bridgehead atoms. The number of hydrogen-bond acceptors (Lipinski definition) is 4. The molecule has 0 saturated heterocycles. The molecule has 4 nitrogen and oxygen atoms in total. The van der Waals surface area contributed by atoms with Crippen LogP contribution in [-0.4, -0.2) is 5.97 Å². The first-order valence-corrected chi connectivity index (χ1v) is 8.76. The number of carbonyl (C=O) groups excluding carboxylic acids is 1. The molecule has 0 N–H and O–H groups in total. The Kier molecular flexibility index (Phi) is 3.91. The Hall–Kier alpha value is -2.88. The van der Waals surface area contributed by atoms with Crippen LogP contribution in [0.1, 0.15) is 35.1 Å². The van der Waals surface area contributed by atoms with Gasteiger partial charge in [-0.2, -0.15) is 0 Å². The summed E-state index contributed by atoms with van der Waals surface area (Å²) in [7, 11) is 0.